The first-order valence-electron chi connectivity index (χ1n) is 8.27. The first-order valence-corrected chi connectivity index (χ1v) is 9.26. The second-order valence-electron chi connectivity index (χ2n) is 6.08. The van der Waals surface area contributed by atoms with Crippen molar-refractivity contribution in [1.82, 2.24) is 0 Å². The van der Waals surface area contributed by atoms with Crippen molar-refractivity contribution in [1.29, 1.82) is 0 Å². The molecule has 0 radical (unpaired) electrons. The number of methoxy groups -OCH3 is 1. The maximum absolute atomic E-state index is 6.33. The SMILES string of the molecule is COc1ccc(C2=c3ccc4c(c3Oc3ccccc32)SCC=4)cc1. The van der Waals surface area contributed by atoms with Crippen LogP contribution in [-0.4, -0.2) is 12.9 Å². The molecular weight excluding hydrogens is 328 g/mol. The maximum atomic E-state index is 6.33. The Labute approximate surface area is 150 Å². The van der Waals surface area contributed by atoms with Crippen LogP contribution >= 0.6 is 11.8 Å². The van der Waals surface area contributed by atoms with Crippen LogP contribution in [0, 0.1) is 0 Å². The molecule has 0 fully saturated rings. The van der Waals surface area contributed by atoms with Crippen LogP contribution in [0.25, 0.3) is 11.6 Å². The Hall–Kier alpha value is -2.65. The molecule has 0 aliphatic carbocycles. The first-order chi connectivity index (χ1) is 12.3. The minimum absolute atomic E-state index is 0.865. The third-order valence-electron chi connectivity index (χ3n) is 4.69. The molecule has 0 aromatic heterocycles. The average Bonchev–Trinajstić information content (AvgIpc) is 3.15. The number of thioether (sulfide) groups is 1. The van der Waals surface area contributed by atoms with Gasteiger partial charge < -0.3 is 9.47 Å². The highest BCUT2D eigenvalue weighted by molar-refractivity contribution is 8.00. The van der Waals surface area contributed by atoms with Gasteiger partial charge in [0.2, 0.25) is 0 Å². The zero-order valence-corrected chi connectivity index (χ0v) is 14.6. The molecule has 122 valence electrons. The van der Waals surface area contributed by atoms with Crippen LogP contribution in [0.1, 0.15) is 11.1 Å². The standard InChI is InChI=1S/C22H16O2S/c1-23-16-9-6-14(7-10-16)20-17-4-2-3-5-19(17)24-21-18(20)11-8-15-12-13-25-22(15)21/h2-12H,13H2,1H3. The number of hydrogen-bond acceptors (Lipinski definition) is 3. The molecule has 0 N–H and O–H groups in total. The van der Waals surface area contributed by atoms with Gasteiger partial charge in [0.1, 0.15) is 17.2 Å². The smallest absolute Gasteiger partial charge is 0.149 e. The molecule has 2 aliphatic heterocycles. The van der Waals surface area contributed by atoms with Crippen LogP contribution in [-0.2, 0) is 0 Å². The lowest BCUT2D eigenvalue weighted by atomic mass is 9.92. The molecule has 0 saturated heterocycles. The molecule has 2 nitrogen and oxygen atoms in total. The number of hydrogen-bond donors (Lipinski definition) is 0. The molecule has 0 atom stereocenters. The van der Waals surface area contributed by atoms with E-state index < -0.39 is 0 Å². The van der Waals surface area contributed by atoms with Gasteiger partial charge in [0.25, 0.3) is 0 Å². The van der Waals surface area contributed by atoms with E-state index in [1.807, 2.05) is 36.0 Å². The Bertz CT molecular complexity index is 1100. The third kappa shape index (κ3) is 2.27. The van der Waals surface area contributed by atoms with Crippen LogP contribution in [0.3, 0.4) is 0 Å². The second kappa shape index (κ2) is 5.71. The molecular formula is C22H16O2S. The van der Waals surface area contributed by atoms with E-state index in [1.54, 1.807) is 7.11 Å². The number of rotatable bonds is 2. The fraction of sp³-hybridized carbons (Fsp3) is 0.0909. The van der Waals surface area contributed by atoms with Crippen molar-refractivity contribution in [2.75, 3.05) is 12.9 Å². The van der Waals surface area contributed by atoms with Crippen LogP contribution in [0.15, 0.2) is 65.6 Å². The molecule has 0 unspecified atom stereocenters. The lowest BCUT2D eigenvalue weighted by molar-refractivity contribution is 0.415. The molecule has 0 bridgehead atoms. The Morgan fingerprint density at radius 2 is 1.80 bits per heavy atom. The van der Waals surface area contributed by atoms with Crippen molar-refractivity contribution < 1.29 is 9.47 Å². The molecule has 0 amide bonds. The van der Waals surface area contributed by atoms with E-state index >= 15 is 0 Å². The topological polar surface area (TPSA) is 18.5 Å². The van der Waals surface area contributed by atoms with E-state index in [2.05, 4.69) is 42.5 Å². The lowest BCUT2D eigenvalue weighted by Gasteiger charge is -2.22. The Morgan fingerprint density at radius 3 is 2.64 bits per heavy atom. The summed E-state index contributed by atoms with van der Waals surface area (Å²) in [7, 11) is 1.69. The summed E-state index contributed by atoms with van der Waals surface area (Å²) in [5.41, 5.74) is 3.52. The number of ether oxygens (including phenoxy) is 2. The van der Waals surface area contributed by atoms with Crippen LogP contribution < -0.4 is 19.9 Å². The van der Waals surface area contributed by atoms with Gasteiger partial charge in [-0.1, -0.05) is 42.5 Å². The normalized spacial score (nSPS) is 14.0. The molecule has 3 aromatic carbocycles. The summed E-state index contributed by atoms with van der Waals surface area (Å²) in [5, 5.41) is 2.43. The van der Waals surface area contributed by atoms with Crippen molar-refractivity contribution in [2.24, 2.45) is 0 Å². The summed E-state index contributed by atoms with van der Waals surface area (Å²) in [4.78, 5) is 1.25. The van der Waals surface area contributed by atoms with Crippen molar-refractivity contribution in [3.05, 3.63) is 82.2 Å². The highest BCUT2D eigenvalue weighted by atomic mass is 32.2. The van der Waals surface area contributed by atoms with Crippen LogP contribution in [0.2, 0.25) is 0 Å². The van der Waals surface area contributed by atoms with E-state index in [0.29, 0.717) is 0 Å². The molecule has 2 heterocycles. The predicted octanol–water partition coefficient (Wildman–Crippen LogP) is 3.93. The number of fused-ring (bicyclic) bond motifs is 4. The maximum Gasteiger partial charge on any atom is 0.149 e. The van der Waals surface area contributed by atoms with Gasteiger partial charge in [-0.15, -0.1) is 11.8 Å². The van der Waals surface area contributed by atoms with E-state index in [4.69, 9.17) is 9.47 Å². The van der Waals surface area contributed by atoms with Crippen LogP contribution in [0.5, 0.6) is 17.2 Å². The molecule has 0 saturated carbocycles. The number of benzene rings is 3. The monoisotopic (exact) mass is 344 g/mol. The van der Waals surface area contributed by atoms with E-state index in [1.165, 1.54) is 21.3 Å². The largest absolute Gasteiger partial charge is 0.497 e. The van der Waals surface area contributed by atoms with E-state index in [0.717, 1.165) is 33.8 Å². The van der Waals surface area contributed by atoms with Crippen molar-refractivity contribution in [3.63, 3.8) is 0 Å². The van der Waals surface area contributed by atoms with Gasteiger partial charge in [-0.05, 0) is 35.0 Å². The summed E-state index contributed by atoms with van der Waals surface area (Å²) in [6, 6.07) is 20.9. The Morgan fingerprint density at radius 1 is 0.960 bits per heavy atom. The highest BCUT2D eigenvalue weighted by Gasteiger charge is 2.23. The van der Waals surface area contributed by atoms with Gasteiger partial charge in [-0.2, -0.15) is 0 Å². The van der Waals surface area contributed by atoms with Crippen molar-refractivity contribution >= 4 is 23.4 Å². The van der Waals surface area contributed by atoms with Gasteiger partial charge in [0.15, 0.2) is 0 Å². The average molecular weight is 344 g/mol. The lowest BCUT2D eigenvalue weighted by Crippen LogP contribution is -2.21. The van der Waals surface area contributed by atoms with Gasteiger partial charge in [-0.25, -0.2) is 0 Å². The molecule has 2 aliphatic rings. The molecule has 5 rings (SSSR count). The fourth-order valence-corrected chi connectivity index (χ4v) is 4.52. The summed E-state index contributed by atoms with van der Waals surface area (Å²) in [6.07, 6.45) is 2.26. The van der Waals surface area contributed by atoms with E-state index in [-0.39, 0.29) is 0 Å². The Balaban J connectivity index is 1.86. The van der Waals surface area contributed by atoms with Gasteiger partial charge >= 0.3 is 0 Å². The van der Waals surface area contributed by atoms with Gasteiger partial charge in [-0.3, -0.25) is 0 Å². The van der Waals surface area contributed by atoms with E-state index in [9.17, 15) is 0 Å². The van der Waals surface area contributed by atoms with Gasteiger partial charge in [0, 0.05) is 22.1 Å². The summed E-state index contributed by atoms with van der Waals surface area (Å²) >= 11 is 1.85. The fourth-order valence-electron chi connectivity index (χ4n) is 3.49. The minimum atomic E-state index is 0.865. The molecule has 25 heavy (non-hydrogen) atoms. The predicted molar refractivity (Wildman–Crippen MR) is 102 cm³/mol. The molecule has 3 aromatic rings. The first kappa shape index (κ1) is 14.7. The highest BCUT2D eigenvalue weighted by Crippen LogP contribution is 2.39. The second-order valence-corrected chi connectivity index (χ2v) is 7.11. The quantitative estimate of drug-likeness (QED) is 0.549. The number of para-hydroxylation sites is 1. The summed E-state index contributed by atoms with van der Waals surface area (Å²) in [5.74, 6) is 3.78. The zero-order chi connectivity index (χ0) is 16.8. The summed E-state index contributed by atoms with van der Waals surface area (Å²) < 4.78 is 11.6. The molecule has 3 heteroatoms. The van der Waals surface area contributed by atoms with Crippen molar-refractivity contribution in [3.8, 4) is 17.2 Å². The third-order valence-corrected chi connectivity index (χ3v) is 5.73. The van der Waals surface area contributed by atoms with Gasteiger partial charge in [0.05, 0.1) is 12.0 Å². The Kier molecular flexibility index (Phi) is 3.35. The molecule has 0 spiro atoms. The zero-order valence-electron chi connectivity index (χ0n) is 13.8. The van der Waals surface area contributed by atoms with Crippen LogP contribution in [0.4, 0.5) is 0 Å². The summed E-state index contributed by atoms with van der Waals surface area (Å²) in [6.45, 7) is 0. The van der Waals surface area contributed by atoms with Crippen molar-refractivity contribution in [2.45, 2.75) is 4.90 Å². The minimum Gasteiger partial charge on any atom is -0.497 e.